The SMILES string of the molecule is COc1ccc(CC(O)C(C)S(C)(=O)=O)cc1F. The van der Waals surface area contributed by atoms with E-state index in [4.69, 9.17) is 4.74 Å². The van der Waals surface area contributed by atoms with Gasteiger partial charge in [0.1, 0.15) is 0 Å². The lowest BCUT2D eigenvalue weighted by atomic mass is 10.1. The summed E-state index contributed by atoms with van der Waals surface area (Å²) in [6.07, 6.45) is 0.0813. The predicted octanol–water partition coefficient (Wildman–Crippen LogP) is 1.17. The number of halogens is 1. The van der Waals surface area contributed by atoms with Crippen LogP contribution in [0.2, 0.25) is 0 Å². The smallest absolute Gasteiger partial charge is 0.165 e. The number of benzene rings is 1. The minimum Gasteiger partial charge on any atom is -0.494 e. The predicted molar refractivity (Wildman–Crippen MR) is 67.0 cm³/mol. The Bertz CT molecular complexity index is 513. The average Bonchev–Trinajstić information content (AvgIpc) is 2.27. The molecule has 0 spiro atoms. The fourth-order valence-electron chi connectivity index (χ4n) is 1.53. The molecular weight excluding hydrogens is 259 g/mol. The molecule has 102 valence electrons. The van der Waals surface area contributed by atoms with Crippen molar-refractivity contribution in [3.8, 4) is 5.75 Å². The molecule has 0 bridgehead atoms. The lowest BCUT2D eigenvalue weighted by Crippen LogP contribution is -2.32. The summed E-state index contributed by atoms with van der Waals surface area (Å²) < 4.78 is 40.7. The topological polar surface area (TPSA) is 63.6 Å². The van der Waals surface area contributed by atoms with Crippen LogP contribution < -0.4 is 4.74 Å². The highest BCUT2D eigenvalue weighted by Crippen LogP contribution is 2.19. The first kappa shape index (κ1) is 14.9. The van der Waals surface area contributed by atoms with Gasteiger partial charge in [0.15, 0.2) is 21.4 Å². The van der Waals surface area contributed by atoms with Crippen LogP contribution in [-0.2, 0) is 16.3 Å². The van der Waals surface area contributed by atoms with Crippen molar-refractivity contribution in [1.82, 2.24) is 0 Å². The lowest BCUT2D eigenvalue weighted by Gasteiger charge is -2.17. The molecular formula is C12H17FO4S. The van der Waals surface area contributed by atoms with E-state index in [0.29, 0.717) is 5.56 Å². The minimum atomic E-state index is -3.31. The number of hydrogen-bond acceptors (Lipinski definition) is 4. The molecule has 0 saturated carbocycles. The highest BCUT2D eigenvalue weighted by atomic mass is 32.2. The first-order chi connectivity index (χ1) is 8.25. The maximum absolute atomic E-state index is 13.4. The Morgan fingerprint density at radius 1 is 1.44 bits per heavy atom. The standard InChI is InChI=1S/C12H17FO4S/c1-8(18(3,15)16)11(14)7-9-4-5-12(17-2)10(13)6-9/h4-6,8,11,14H,7H2,1-3H3. The number of aliphatic hydroxyl groups excluding tert-OH is 1. The second-order valence-electron chi connectivity index (χ2n) is 4.28. The van der Waals surface area contributed by atoms with Crippen molar-refractivity contribution in [2.45, 2.75) is 24.7 Å². The summed E-state index contributed by atoms with van der Waals surface area (Å²) in [6.45, 7) is 1.43. The van der Waals surface area contributed by atoms with Crippen LogP contribution in [0.15, 0.2) is 18.2 Å². The number of aliphatic hydroxyl groups is 1. The Labute approximate surface area is 106 Å². The monoisotopic (exact) mass is 276 g/mol. The zero-order valence-corrected chi connectivity index (χ0v) is 11.4. The Kier molecular flexibility index (Phi) is 4.70. The van der Waals surface area contributed by atoms with Crippen LogP contribution in [0.1, 0.15) is 12.5 Å². The quantitative estimate of drug-likeness (QED) is 0.877. The van der Waals surface area contributed by atoms with Crippen molar-refractivity contribution in [2.75, 3.05) is 13.4 Å². The molecule has 0 fully saturated rings. The van der Waals surface area contributed by atoms with Gasteiger partial charge in [-0.15, -0.1) is 0 Å². The van der Waals surface area contributed by atoms with Crippen LogP contribution in [0.5, 0.6) is 5.75 Å². The van der Waals surface area contributed by atoms with E-state index < -0.39 is 27.0 Å². The molecule has 0 aliphatic carbocycles. The third-order valence-electron chi connectivity index (χ3n) is 2.88. The van der Waals surface area contributed by atoms with E-state index in [9.17, 15) is 17.9 Å². The molecule has 1 aromatic carbocycles. The molecule has 0 aromatic heterocycles. The Morgan fingerprint density at radius 2 is 2.06 bits per heavy atom. The van der Waals surface area contributed by atoms with Crippen molar-refractivity contribution >= 4 is 9.84 Å². The van der Waals surface area contributed by atoms with Gasteiger partial charge in [-0.05, 0) is 31.0 Å². The second-order valence-corrected chi connectivity index (χ2v) is 6.68. The Balaban J connectivity index is 2.82. The molecule has 1 N–H and O–H groups in total. The van der Waals surface area contributed by atoms with Crippen LogP contribution in [0, 0.1) is 5.82 Å². The molecule has 0 aliphatic rings. The van der Waals surface area contributed by atoms with Gasteiger partial charge in [0, 0.05) is 6.26 Å². The Hall–Kier alpha value is -1.14. The summed E-state index contributed by atoms with van der Waals surface area (Å²) in [5.41, 5.74) is 0.524. The van der Waals surface area contributed by atoms with Crippen LogP contribution >= 0.6 is 0 Å². The number of hydrogen-bond donors (Lipinski definition) is 1. The molecule has 4 nitrogen and oxygen atoms in total. The second kappa shape index (κ2) is 5.67. The van der Waals surface area contributed by atoms with Gasteiger partial charge in [0.25, 0.3) is 0 Å². The van der Waals surface area contributed by atoms with Crippen molar-refractivity contribution < 1.29 is 22.7 Å². The fraction of sp³-hybridized carbons (Fsp3) is 0.500. The average molecular weight is 276 g/mol. The minimum absolute atomic E-state index is 0.0785. The molecule has 1 aromatic rings. The molecule has 0 saturated heterocycles. The number of sulfone groups is 1. The van der Waals surface area contributed by atoms with Gasteiger partial charge >= 0.3 is 0 Å². The van der Waals surface area contributed by atoms with E-state index in [0.717, 1.165) is 6.26 Å². The van der Waals surface area contributed by atoms with Crippen molar-refractivity contribution in [3.63, 3.8) is 0 Å². The number of methoxy groups -OCH3 is 1. The molecule has 0 aliphatic heterocycles. The van der Waals surface area contributed by atoms with Gasteiger partial charge in [-0.2, -0.15) is 0 Å². The molecule has 18 heavy (non-hydrogen) atoms. The fourth-order valence-corrected chi connectivity index (χ4v) is 2.20. The molecule has 0 heterocycles. The molecule has 0 amide bonds. The lowest BCUT2D eigenvalue weighted by molar-refractivity contribution is 0.173. The summed E-state index contributed by atoms with van der Waals surface area (Å²) in [6, 6.07) is 4.28. The molecule has 6 heteroatoms. The van der Waals surface area contributed by atoms with Gasteiger partial charge in [-0.1, -0.05) is 6.07 Å². The molecule has 2 atom stereocenters. The third kappa shape index (κ3) is 3.68. The Morgan fingerprint density at radius 3 is 2.50 bits per heavy atom. The van der Waals surface area contributed by atoms with Gasteiger partial charge < -0.3 is 9.84 Å². The summed E-state index contributed by atoms with van der Waals surface area (Å²) >= 11 is 0. The maximum atomic E-state index is 13.4. The van der Waals surface area contributed by atoms with Crippen LogP contribution in [0.3, 0.4) is 0 Å². The van der Waals surface area contributed by atoms with Gasteiger partial charge in [0.2, 0.25) is 0 Å². The van der Waals surface area contributed by atoms with Crippen LogP contribution in [-0.4, -0.2) is 38.2 Å². The first-order valence-electron chi connectivity index (χ1n) is 5.45. The molecule has 0 radical (unpaired) electrons. The highest BCUT2D eigenvalue weighted by Gasteiger charge is 2.24. The number of rotatable bonds is 5. The zero-order valence-electron chi connectivity index (χ0n) is 10.6. The van der Waals surface area contributed by atoms with Crippen molar-refractivity contribution in [3.05, 3.63) is 29.6 Å². The summed E-state index contributed by atoms with van der Waals surface area (Å²) in [5.74, 6) is -0.418. The van der Waals surface area contributed by atoms with Gasteiger partial charge in [-0.3, -0.25) is 0 Å². The van der Waals surface area contributed by atoms with E-state index in [1.54, 1.807) is 6.07 Å². The summed E-state index contributed by atoms with van der Waals surface area (Å²) in [4.78, 5) is 0. The van der Waals surface area contributed by atoms with Crippen LogP contribution in [0.4, 0.5) is 4.39 Å². The largest absolute Gasteiger partial charge is 0.494 e. The third-order valence-corrected chi connectivity index (χ3v) is 4.54. The van der Waals surface area contributed by atoms with E-state index in [-0.39, 0.29) is 12.2 Å². The number of ether oxygens (including phenoxy) is 1. The van der Waals surface area contributed by atoms with E-state index in [1.165, 1.54) is 26.2 Å². The molecule has 1 rings (SSSR count). The van der Waals surface area contributed by atoms with Crippen molar-refractivity contribution in [2.24, 2.45) is 0 Å². The normalized spacial score (nSPS) is 15.2. The highest BCUT2D eigenvalue weighted by molar-refractivity contribution is 7.91. The molecule has 2 unspecified atom stereocenters. The van der Waals surface area contributed by atoms with E-state index in [2.05, 4.69) is 0 Å². The van der Waals surface area contributed by atoms with Gasteiger partial charge in [0.05, 0.1) is 18.5 Å². The summed E-state index contributed by atoms with van der Waals surface area (Å²) in [5, 5.41) is 8.90. The van der Waals surface area contributed by atoms with Crippen LogP contribution in [0.25, 0.3) is 0 Å². The zero-order chi connectivity index (χ0) is 13.9. The van der Waals surface area contributed by atoms with E-state index >= 15 is 0 Å². The van der Waals surface area contributed by atoms with E-state index in [1.807, 2.05) is 0 Å². The summed E-state index contributed by atoms with van der Waals surface area (Å²) in [7, 11) is -1.95. The first-order valence-corrected chi connectivity index (χ1v) is 7.40. The van der Waals surface area contributed by atoms with Crippen molar-refractivity contribution in [1.29, 1.82) is 0 Å². The van der Waals surface area contributed by atoms with Gasteiger partial charge in [-0.25, -0.2) is 12.8 Å². The maximum Gasteiger partial charge on any atom is 0.165 e.